The topological polar surface area (TPSA) is 102 Å². The van der Waals surface area contributed by atoms with E-state index in [0.717, 1.165) is 16.7 Å². The van der Waals surface area contributed by atoms with Gasteiger partial charge in [-0.3, -0.25) is 19.3 Å². The molecule has 0 saturated heterocycles. The molecule has 3 rings (SSSR count). The number of carbonyl (C=O) groups excluding carboxylic acids is 2. The maximum Gasteiger partial charge on any atom is 0.308 e. The molecule has 30 heavy (non-hydrogen) atoms. The number of rotatable bonds is 6. The van der Waals surface area contributed by atoms with Gasteiger partial charge in [0.25, 0.3) is 10.0 Å². The van der Waals surface area contributed by atoms with E-state index in [1.54, 1.807) is 25.1 Å². The normalized spacial score (nSPS) is 16.6. The van der Waals surface area contributed by atoms with Crippen molar-refractivity contribution < 1.29 is 22.7 Å². The number of carbonyl (C=O) groups is 2. The number of nitrogens with one attached hydrogen (secondary N) is 1. The molecule has 1 aliphatic rings. The van der Waals surface area contributed by atoms with Crippen LogP contribution in [0.4, 0.5) is 0 Å². The molecule has 0 radical (unpaired) electrons. The number of hydrogen-bond acceptors (Lipinski definition) is 6. The summed E-state index contributed by atoms with van der Waals surface area (Å²) < 4.78 is 31.8. The molecule has 0 bridgehead atoms. The van der Waals surface area contributed by atoms with E-state index >= 15 is 0 Å². The zero-order chi connectivity index (χ0) is 22.1. The molecule has 0 aromatic heterocycles. The molecule has 0 saturated carbocycles. The van der Waals surface area contributed by atoms with Crippen molar-refractivity contribution in [3.05, 3.63) is 64.2 Å². The summed E-state index contributed by atoms with van der Waals surface area (Å²) in [4.78, 5) is 29.2. The number of fused-ring (bicyclic) bond motifs is 1. The van der Waals surface area contributed by atoms with Crippen molar-refractivity contribution in [1.82, 2.24) is 4.72 Å². The van der Waals surface area contributed by atoms with Crippen molar-refractivity contribution in [1.29, 1.82) is 0 Å². The molecule has 7 nitrogen and oxygen atoms in total. The van der Waals surface area contributed by atoms with Gasteiger partial charge >= 0.3 is 5.97 Å². The summed E-state index contributed by atoms with van der Waals surface area (Å²) in [6.07, 6.45) is -0.992. The highest BCUT2D eigenvalue weighted by molar-refractivity contribution is 7.90. The highest BCUT2D eigenvalue weighted by atomic mass is 32.2. The molecule has 1 atom stereocenters. The maximum atomic E-state index is 12.7. The lowest BCUT2D eigenvalue weighted by molar-refractivity contribution is -0.146. The third kappa shape index (κ3) is 4.43. The van der Waals surface area contributed by atoms with Gasteiger partial charge in [0.15, 0.2) is 6.10 Å². The molecule has 0 fully saturated rings. The average Bonchev–Trinajstić information content (AvgIpc) is 2.95. The fraction of sp³-hybridized carbons (Fsp3) is 0.318. The number of nitrogens with zero attached hydrogens (tertiary/aromatic N) is 1. The van der Waals surface area contributed by atoms with E-state index in [1.165, 1.54) is 6.07 Å². The van der Waals surface area contributed by atoms with E-state index < -0.39 is 22.1 Å². The standard InChI is InChI=1S/C22H24N2O5S/c1-13-11-15(3)18(12-14(13)2)21(26)16(4)29-20(25)9-10-23-22-17-7-5-6-8-19(17)30(27,28)24-22/h5-8,11-12,16H,9-10H2,1-4H3,(H,23,24). The summed E-state index contributed by atoms with van der Waals surface area (Å²) in [6.45, 7) is 7.34. The van der Waals surface area contributed by atoms with Gasteiger partial charge in [0.05, 0.1) is 17.9 Å². The number of sulfonamides is 1. The summed E-state index contributed by atoms with van der Waals surface area (Å²) >= 11 is 0. The predicted octanol–water partition coefficient (Wildman–Crippen LogP) is 2.86. The molecule has 2 aromatic rings. The second-order valence-corrected chi connectivity index (χ2v) is 8.98. The number of benzene rings is 2. The second kappa shape index (κ2) is 8.39. The minimum absolute atomic E-state index is 0.0363. The fourth-order valence-electron chi connectivity index (χ4n) is 3.26. The van der Waals surface area contributed by atoms with Crippen LogP contribution in [0.25, 0.3) is 0 Å². The van der Waals surface area contributed by atoms with Crippen molar-refractivity contribution in [2.45, 2.75) is 45.1 Å². The quantitative estimate of drug-likeness (QED) is 0.563. The Kier molecular flexibility index (Phi) is 6.07. The van der Waals surface area contributed by atoms with Gasteiger partial charge in [-0.2, -0.15) is 0 Å². The average molecular weight is 429 g/mol. The third-order valence-corrected chi connectivity index (χ3v) is 6.43. The number of Topliss-reactive ketones (excluding diaryl/α,β-unsaturated/α-hetero) is 1. The predicted molar refractivity (Wildman–Crippen MR) is 113 cm³/mol. The van der Waals surface area contributed by atoms with E-state index in [2.05, 4.69) is 9.71 Å². The van der Waals surface area contributed by atoms with Crippen molar-refractivity contribution in [3.63, 3.8) is 0 Å². The second-order valence-electron chi connectivity index (χ2n) is 7.33. The van der Waals surface area contributed by atoms with Crippen molar-refractivity contribution in [3.8, 4) is 0 Å². The fourth-order valence-corrected chi connectivity index (χ4v) is 4.52. The number of aryl methyl sites for hydroxylation is 3. The van der Waals surface area contributed by atoms with Crippen LogP contribution in [0.15, 0.2) is 46.3 Å². The van der Waals surface area contributed by atoms with Crippen LogP contribution in [-0.2, 0) is 19.6 Å². The summed E-state index contributed by atoms with van der Waals surface area (Å²) in [7, 11) is -3.62. The van der Waals surface area contributed by atoms with Crippen LogP contribution in [-0.4, -0.2) is 38.7 Å². The molecule has 158 valence electrons. The molecule has 0 amide bonds. The summed E-state index contributed by atoms with van der Waals surface area (Å²) in [5.74, 6) is -0.628. The summed E-state index contributed by atoms with van der Waals surface area (Å²) in [5, 5.41) is 0. The molecular formula is C22H24N2O5S. The smallest absolute Gasteiger partial charge is 0.308 e. The van der Waals surface area contributed by atoms with E-state index in [1.807, 2.05) is 32.9 Å². The lowest BCUT2D eigenvalue weighted by atomic mass is 9.96. The van der Waals surface area contributed by atoms with Crippen LogP contribution >= 0.6 is 0 Å². The Bertz CT molecular complexity index is 1150. The maximum absolute atomic E-state index is 12.7. The molecule has 1 N–H and O–H groups in total. The minimum atomic E-state index is -3.62. The Morgan fingerprint density at radius 2 is 1.73 bits per heavy atom. The number of ketones is 1. The Hall–Kier alpha value is -3.00. The zero-order valence-corrected chi connectivity index (χ0v) is 18.2. The van der Waals surface area contributed by atoms with Crippen LogP contribution in [0, 0.1) is 20.8 Å². The highest BCUT2D eigenvalue weighted by Gasteiger charge is 2.30. The molecule has 0 spiro atoms. The molecule has 2 aromatic carbocycles. The number of hydrogen-bond donors (Lipinski definition) is 1. The van der Waals surface area contributed by atoms with E-state index in [0.29, 0.717) is 11.1 Å². The first-order chi connectivity index (χ1) is 14.1. The van der Waals surface area contributed by atoms with Gasteiger partial charge < -0.3 is 4.74 Å². The van der Waals surface area contributed by atoms with Crippen LogP contribution < -0.4 is 4.72 Å². The van der Waals surface area contributed by atoms with Gasteiger partial charge in [0.1, 0.15) is 5.84 Å². The van der Waals surface area contributed by atoms with E-state index in [4.69, 9.17) is 4.74 Å². The Morgan fingerprint density at radius 3 is 2.47 bits per heavy atom. The van der Waals surface area contributed by atoms with Gasteiger partial charge in [-0.05, 0) is 62.6 Å². The summed E-state index contributed by atoms with van der Waals surface area (Å²) in [6, 6.07) is 10.2. The number of ether oxygens (including phenoxy) is 1. The first kappa shape index (κ1) is 21.7. The van der Waals surface area contributed by atoms with Crippen molar-refractivity contribution in [2.24, 2.45) is 4.99 Å². The van der Waals surface area contributed by atoms with Crippen molar-refractivity contribution in [2.75, 3.05) is 6.54 Å². The zero-order valence-electron chi connectivity index (χ0n) is 17.4. The molecule has 1 heterocycles. The van der Waals surface area contributed by atoms with Crippen LogP contribution in [0.3, 0.4) is 0 Å². The third-order valence-electron chi connectivity index (χ3n) is 5.03. The monoisotopic (exact) mass is 428 g/mol. The summed E-state index contributed by atoms with van der Waals surface area (Å²) in [5.41, 5.74) is 3.94. The van der Waals surface area contributed by atoms with Gasteiger partial charge in [-0.15, -0.1) is 0 Å². The molecule has 1 aliphatic heterocycles. The van der Waals surface area contributed by atoms with Crippen molar-refractivity contribution >= 4 is 27.6 Å². The molecular weight excluding hydrogens is 404 g/mol. The first-order valence-electron chi connectivity index (χ1n) is 9.58. The van der Waals surface area contributed by atoms with Gasteiger partial charge in [-0.25, -0.2) is 8.42 Å². The van der Waals surface area contributed by atoms with Gasteiger partial charge in [-0.1, -0.05) is 18.2 Å². The first-order valence-corrected chi connectivity index (χ1v) is 11.1. The van der Waals surface area contributed by atoms with Gasteiger partial charge in [0, 0.05) is 11.1 Å². The molecule has 8 heteroatoms. The lowest BCUT2D eigenvalue weighted by Crippen LogP contribution is -2.26. The van der Waals surface area contributed by atoms with Crippen LogP contribution in [0.5, 0.6) is 0 Å². The number of aliphatic imine (C=N–C) groups is 1. The number of amidine groups is 1. The molecule has 1 unspecified atom stereocenters. The Labute approximate surface area is 176 Å². The van der Waals surface area contributed by atoms with Crippen LogP contribution in [0.1, 0.15) is 46.0 Å². The van der Waals surface area contributed by atoms with Gasteiger partial charge in [0.2, 0.25) is 5.78 Å². The SMILES string of the molecule is Cc1cc(C)c(C(=O)C(C)OC(=O)CCN=C2NS(=O)(=O)c3ccccc32)cc1C. The van der Waals surface area contributed by atoms with E-state index in [9.17, 15) is 18.0 Å². The minimum Gasteiger partial charge on any atom is -0.454 e. The molecule has 0 aliphatic carbocycles. The number of esters is 1. The Balaban J connectivity index is 1.61. The van der Waals surface area contributed by atoms with E-state index in [-0.39, 0.29) is 29.5 Å². The Morgan fingerprint density at radius 1 is 1.07 bits per heavy atom. The lowest BCUT2D eigenvalue weighted by Gasteiger charge is -2.15. The van der Waals surface area contributed by atoms with Crippen LogP contribution in [0.2, 0.25) is 0 Å². The highest BCUT2D eigenvalue weighted by Crippen LogP contribution is 2.22. The largest absolute Gasteiger partial charge is 0.454 e.